The van der Waals surface area contributed by atoms with Gasteiger partial charge in [-0.2, -0.15) is 0 Å². The highest BCUT2D eigenvalue weighted by Crippen LogP contribution is 2.49. The Hall–Kier alpha value is -0.0500. The zero-order valence-corrected chi connectivity index (χ0v) is 15.5. The molecule has 20 heavy (non-hydrogen) atoms. The zero-order chi connectivity index (χ0) is 14.0. The third-order valence-corrected chi connectivity index (χ3v) is 4.87. The summed E-state index contributed by atoms with van der Waals surface area (Å²) in [4.78, 5) is 2.42. The molecule has 2 rings (SSSR count). The van der Waals surface area contributed by atoms with Crippen LogP contribution in [-0.2, 0) is 5.41 Å². The van der Waals surface area contributed by atoms with E-state index in [1.54, 1.807) is 0 Å². The van der Waals surface area contributed by atoms with Crippen LogP contribution in [0.25, 0.3) is 0 Å². The van der Waals surface area contributed by atoms with Crippen LogP contribution in [0.2, 0.25) is 5.02 Å². The summed E-state index contributed by atoms with van der Waals surface area (Å²) in [6.45, 7) is 4.65. The van der Waals surface area contributed by atoms with Crippen LogP contribution in [-0.4, -0.2) is 25.0 Å². The molecule has 1 fully saturated rings. The van der Waals surface area contributed by atoms with Crippen molar-refractivity contribution in [1.29, 1.82) is 0 Å². The quantitative estimate of drug-likeness (QED) is 0.687. The van der Waals surface area contributed by atoms with Crippen LogP contribution in [0, 0.1) is 5.92 Å². The maximum Gasteiger partial charge on any atom is 0.0406 e. The molecule has 0 heterocycles. The van der Waals surface area contributed by atoms with Crippen LogP contribution in [0.5, 0.6) is 0 Å². The van der Waals surface area contributed by atoms with Crippen LogP contribution in [0.3, 0.4) is 0 Å². The Balaban J connectivity index is 0.00000200. The molecule has 0 aliphatic heterocycles. The molecule has 1 aliphatic rings. The SMILES string of the molecule is Br.CC(C)CC(N(C)C)C1(c2ccc(Cl)cc2)CCC1. The van der Waals surface area contributed by atoms with Gasteiger partial charge in [0.1, 0.15) is 0 Å². The van der Waals surface area contributed by atoms with Crippen molar-refractivity contribution >= 4 is 28.6 Å². The number of halogens is 2. The summed E-state index contributed by atoms with van der Waals surface area (Å²) in [5.74, 6) is 0.733. The molecule has 0 aromatic heterocycles. The maximum atomic E-state index is 6.04. The normalized spacial score (nSPS) is 18.6. The van der Waals surface area contributed by atoms with E-state index < -0.39 is 0 Å². The van der Waals surface area contributed by atoms with E-state index in [4.69, 9.17) is 11.6 Å². The second kappa shape index (κ2) is 7.29. The van der Waals surface area contributed by atoms with Gasteiger partial charge in [0.05, 0.1) is 0 Å². The molecular formula is C17H27BrClN. The number of benzene rings is 1. The van der Waals surface area contributed by atoms with Crippen molar-refractivity contribution in [2.75, 3.05) is 14.1 Å². The minimum atomic E-state index is 0. The molecule has 1 aromatic rings. The molecule has 0 bridgehead atoms. The van der Waals surface area contributed by atoms with E-state index in [2.05, 4.69) is 45.0 Å². The summed E-state index contributed by atoms with van der Waals surface area (Å²) >= 11 is 6.04. The van der Waals surface area contributed by atoms with Crippen molar-refractivity contribution in [2.24, 2.45) is 5.92 Å². The zero-order valence-electron chi connectivity index (χ0n) is 13.0. The molecular weight excluding hydrogens is 334 g/mol. The van der Waals surface area contributed by atoms with Crippen molar-refractivity contribution in [2.45, 2.75) is 51.0 Å². The van der Waals surface area contributed by atoms with Crippen LogP contribution >= 0.6 is 28.6 Å². The smallest absolute Gasteiger partial charge is 0.0406 e. The monoisotopic (exact) mass is 359 g/mol. The molecule has 1 atom stereocenters. The van der Waals surface area contributed by atoms with Crippen molar-refractivity contribution < 1.29 is 0 Å². The minimum Gasteiger partial charge on any atom is -0.306 e. The lowest BCUT2D eigenvalue weighted by Crippen LogP contribution is -2.52. The first kappa shape index (κ1) is 18.0. The summed E-state index contributed by atoms with van der Waals surface area (Å²) in [5.41, 5.74) is 1.82. The molecule has 0 saturated heterocycles. The molecule has 1 unspecified atom stereocenters. The predicted molar refractivity (Wildman–Crippen MR) is 94.2 cm³/mol. The lowest BCUT2D eigenvalue weighted by Gasteiger charge is -2.51. The van der Waals surface area contributed by atoms with Crippen LogP contribution < -0.4 is 0 Å². The predicted octanol–water partition coefficient (Wildman–Crippen LogP) is 5.32. The lowest BCUT2D eigenvalue weighted by atomic mass is 9.58. The van der Waals surface area contributed by atoms with E-state index in [1.807, 2.05) is 12.1 Å². The summed E-state index contributed by atoms with van der Waals surface area (Å²) in [5, 5.41) is 0.837. The van der Waals surface area contributed by atoms with Gasteiger partial charge in [0, 0.05) is 16.5 Å². The molecule has 1 aromatic carbocycles. The Morgan fingerprint density at radius 3 is 2.05 bits per heavy atom. The van der Waals surface area contributed by atoms with Gasteiger partial charge in [0.2, 0.25) is 0 Å². The Kier molecular flexibility index (Phi) is 6.56. The number of hydrogen-bond acceptors (Lipinski definition) is 1. The second-order valence-electron chi connectivity index (χ2n) is 6.63. The van der Waals surface area contributed by atoms with E-state index in [0.717, 1.165) is 10.9 Å². The van der Waals surface area contributed by atoms with E-state index in [-0.39, 0.29) is 17.0 Å². The Morgan fingerprint density at radius 1 is 1.15 bits per heavy atom. The summed E-state index contributed by atoms with van der Waals surface area (Å²) in [6, 6.07) is 9.18. The first-order valence-electron chi connectivity index (χ1n) is 7.38. The van der Waals surface area contributed by atoms with Crippen molar-refractivity contribution in [3.63, 3.8) is 0 Å². The molecule has 0 radical (unpaired) electrons. The third kappa shape index (κ3) is 3.58. The van der Waals surface area contributed by atoms with Gasteiger partial charge in [-0.05, 0) is 57.0 Å². The Bertz CT molecular complexity index is 410. The molecule has 0 spiro atoms. The average Bonchev–Trinajstić information content (AvgIpc) is 2.28. The number of hydrogen-bond donors (Lipinski definition) is 0. The number of likely N-dealkylation sites (N-methyl/N-ethyl adjacent to an activating group) is 1. The molecule has 1 nitrogen and oxygen atoms in total. The van der Waals surface area contributed by atoms with Gasteiger partial charge < -0.3 is 4.90 Å². The largest absolute Gasteiger partial charge is 0.306 e. The van der Waals surface area contributed by atoms with Crippen molar-refractivity contribution in [3.05, 3.63) is 34.9 Å². The number of rotatable bonds is 5. The fraction of sp³-hybridized carbons (Fsp3) is 0.647. The first-order valence-corrected chi connectivity index (χ1v) is 7.76. The fourth-order valence-electron chi connectivity index (χ4n) is 3.53. The van der Waals surface area contributed by atoms with Crippen LogP contribution in [0.4, 0.5) is 0 Å². The number of nitrogens with zero attached hydrogens (tertiary/aromatic N) is 1. The average molecular weight is 361 g/mol. The topological polar surface area (TPSA) is 3.24 Å². The van der Waals surface area contributed by atoms with Gasteiger partial charge in [0.25, 0.3) is 0 Å². The van der Waals surface area contributed by atoms with Gasteiger partial charge in [-0.25, -0.2) is 0 Å². The second-order valence-corrected chi connectivity index (χ2v) is 7.06. The first-order chi connectivity index (χ1) is 8.95. The van der Waals surface area contributed by atoms with E-state index in [9.17, 15) is 0 Å². The molecule has 0 N–H and O–H groups in total. The van der Waals surface area contributed by atoms with Gasteiger partial charge in [-0.1, -0.05) is 44.0 Å². The van der Waals surface area contributed by atoms with Gasteiger partial charge in [-0.15, -0.1) is 17.0 Å². The van der Waals surface area contributed by atoms with Crippen LogP contribution in [0.15, 0.2) is 24.3 Å². The third-order valence-electron chi connectivity index (χ3n) is 4.62. The highest BCUT2D eigenvalue weighted by atomic mass is 79.9. The van der Waals surface area contributed by atoms with Crippen molar-refractivity contribution in [1.82, 2.24) is 4.90 Å². The van der Waals surface area contributed by atoms with Crippen LogP contribution in [0.1, 0.15) is 45.1 Å². The maximum absolute atomic E-state index is 6.04. The van der Waals surface area contributed by atoms with Gasteiger partial charge in [-0.3, -0.25) is 0 Å². The summed E-state index contributed by atoms with van der Waals surface area (Å²) < 4.78 is 0. The van der Waals surface area contributed by atoms with Gasteiger partial charge >= 0.3 is 0 Å². The fourth-order valence-corrected chi connectivity index (χ4v) is 3.66. The molecule has 1 aliphatic carbocycles. The molecule has 114 valence electrons. The summed E-state index contributed by atoms with van der Waals surface area (Å²) in [7, 11) is 4.45. The van der Waals surface area contributed by atoms with E-state index >= 15 is 0 Å². The Morgan fingerprint density at radius 2 is 1.70 bits per heavy atom. The van der Waals surface area contributed by atoms with Gasteiger partial charge in [0.15, 0.2) is 0 Å². The molecule has 1 saturated carbocycles. The highest BCUT2D eigenvalue weighted by Gasteiger charge is 2.46. The summed E-state index contributed by atoms with van der Waals surface area (Å²) in [6.07, 6.45) is 5.23. The molecule has 0 amide bonds. The standard InChI is InChI=1S/C17H26ClN.BrH/c1-13(2)12-16(19(3)4)17(10-5-11-17)14-6-8-15(18)9-7-14;/h6-9,13,16H,5,10-12H2,1-4H3;1H. The van der Waals surface area contributed by atoms with Crippen molar-refractivity contribution in [3.8, 4) is 0 Å². The Labute approximate surface area is 139 Å². The van der Waals surface area contributed by atoms with E-state index in [1.165, 1.54) is 31.2 Å². The van der Waals surface area contributed by atoms with E-state index in [0.29, 0.717) is 11.5 Å². The minimum absolute atomic E-state index is 0. The molecule has 3 heteroatoms. The highest BCUT2D eigenvalue weighted by molar-refractivity contribution is 8.93. The lowest BCUT2D eigenvalue weighted by molar-refractivity contribution is 0.0808.